The third-order valence-corrected chi connectivity index (χ3v) is 5.38. The highest BCUT2D eigenvalue weighted by atomic mass is 14.9. The topological polar surface area (TPSA) is 24.9 Å². The normalized spacial score (nSPS) is 23.1. The maximum absolute atomic E-state index is 4.36. The van der Waals surface area contributed by atoms with Crippen molar-refractivity contribution in [2.45, 2.75) is 57.8 Å². The van der Waals surface area contributed by atoms with E-state index in [0.717, 1.165) is 19.0 Å². The van der Waals surface area contributed by atoms with Crippen molar-refractivity contribution in [1.29, 1.82) is 0 Å². The molecule has 0 aliphatic heterocycles. The van der Waals surface area contributed by atoms with Crippen molar-refractivity contribution in [2.75, 3.05) is 13.1 Å². The Morgan fingerprint density at radius 1 is 1.25 bits per heavy atom. The molecule has 2 aliphatic rings. The molecule has 1 aromatic rings. The summed E-state index contributed by atoms with van der Waals surface area (Å²) in [7, 11) is 0. The van der Waals surface area contributed by atoms with Crippen LogP contribution in [0.5, 0.6) is 0 Å². The molecule has 20 heavy (non-hydrogen) atoms. The number of rotatable bonds is 5. The van der Waals surface area contributed by atoms with Crippen LogP contribution < -0.4 is 5.32 Å². The van der Waals surface area contributed by atoms with Crippen molar-refractivity contribution in [1.82, 2.24) is 10.3 Å². The molecule has 0 radical (unpaired) electrons. The predicted molar refractivity (Wildman–Crippen MR) is 83.8 cm³/mol. The average Bonchev–Trinajstić information content (AvgIpc) is 2.87. The summed E-state index contributed by atoms with van der Waals surface area (Å²) in [6.07, 6.45) is 12.5. The lowest BCUT2D eigenvalue weighted by Crippen LogP contribution is -2.54. The summed E-state index contributed by atoms with van der Waals surface area (Å²) in [4.78, 5) is 4.36. The zero-order valence-corrected chi connectivity index (χ0v) is 13.0. The Kier molecular flexibility index (Phi) is 3.85. The van der Waals surface area contributed by atoms with E-state index in [9.17, 15) is 0 Å². The summed E-state index contributed by atoms with van der Waals surface area (Å²) in [6, 6.07) is 4.38. The van der Waals surface area contributed by atoms with Gasteiger partial charge < -0.3 is 5.32 Å². The molecule has 0 atom stereocenters. The van der Waals surface area contributed by atoms with Gasteiger partial charge in [-0.1, -0.05) is 32.8 Å². The highest BCUT2D eigenvalue weighted by molar-refractivity contribution is 5.29. The number of nitrogens with one attached hydrogen (secondary N) is 1. The monoisotopic (exact) mass is 272 g/mol. The number of hydrogen-bond donors (Lipinski definition) is 1. The van der Waals surface area contributed by atoms with E-state index in [2.05, 4.69) is 42.5 Å². The lowest BCUT2D eigenvalue weighted by molar-refractivity contribution is 0.0264. The van der Waals surface area contributed by atoms with Crippen LogP contribution in [0.4, 0.5) is 0 Å². The zero-order chi connectivity index (χ0) is 14.1. The Labute approximate surface area is 123 Å². The molecule has 0 amide bonds. The molecule has 2 heteroatoms. The molecule has 0 unspecified atom stereocenters. The molecule has 1 spiro atoms. The van der Waals surface area contributed by atoms with Gasteiger partial charge in [0.25, 0.3) is 0 Å². The second-order valence-electron chi connectivity index (χ2n) is 7.61. The largest absolute Gasteiger partial charge is 0.316 e. The molecule has 1 aromatic heterocycles. The van der Waals surface area contributed by atoms with E-state index in [0.29, 0.717) is 10.8 Å². The Morgan fingerprint density at radius 3 is 2.60 bits per heavy atom. The summed E-state index contributed by atoms with van der Waals surface area (Å²) in [5.41, 5.74) is 2.48. The fourth-order valence-electron chi connectivity index (χ4n) is 4.57. The highest BCUT2D eigenvalue weighted by Gasteiger charge is 2.55. The van der Waals surface area contributed by atoms with E-state index >= 15 is 0 Å². The van der Waals surface area contributed by atoms with Crippen molar-refractivity contribution < 1.29 is 0 Å². The standard InChI is InChI=1S/C18H28N2/c1-15(2)10-20-14-18(16-6-5-9-19-11-16)12-17(13-18)7-3-4-8-17/h5-6,9,11,15,20H,3-4,7-8,10,12-14H2,1-2H3. The summed E-state index contributed by atoms with van der Waals surface area (Å²) in [6.45, 7) is 6.81. The SMILES string of the molecule is CC(C)CNCC1(c2cccnc2)CC2(CCCC2)C1. The average molecular weight is 272 g/mol. The summed E-state index contributed by atoms with van der Waals surface area (Å²) in [5, 5.41) is 3.70. The van der Waals surface area contributed by atoms with Gasteiger partial charge in [0.1, 0.15) is 0 Å². The quantitative estimate of drug-likeness (QED) is 0.879. The lowest BCUT2D eigenvalue weighted by atomic mass is 9.50. The van der Waals surface area contributed by atoms with Crippen molar-refractivity contribution in [2.24, 2.45) is 11.3 Å². The van der Waals surface area contributed by atoms with Crippen molar-refractivity contribution in [3.8, 4) is 0 Å². The molecular formula is C18H28N2. The molecule has 2 aliphatic carbocycles. The molecule has 0 bridgehead atoms. The smallest absolute Gasteiger partial charge is 0.0306 e. The first-order valence-electron chi connectivity index (χ1n) is 8.26. The summed E-state index contributed by atoms with van der Waals surface area (Å²) in [5.74, 6) is 0.724. The fraction of sp³-hybridized carbons (Fsp3) is 0.722. The van der Waals surface area contributed by atoms with Gasteiger partial charge in [-0.25, -0.2) is 0 Å². The van der Waals surface area contributed by atoms with Gasteiger partial charge in [-0.2, -0.15) is 0 Å². The molecule has 1 N–H and O–H groups in total. The fourth-order valence-corrected chi connectivity index (χ4v) is 4.57. The van der Waals surface area contributed by atoms with E-state index < -0.39 is 0 Å². The molecule has 2 saturated carbocycles. The minimum absolute atomic E-state index is 0.355. The van der Waals surface area contributed by atoms with Crippen molar-refractivity contribution >= 4 is 0 Å². The van der Waals surface area contributed by atoms with Gasteiger partial charge in [0, 0.05) is 24.4 Å². The molecule has 3 rings (SSSR count). The Hall–Kier alpha value is -0.890. The third kappa shape index (κ3) is 2.63. The van der Waals surface area contributed by atoms with Crippen LogP contribution in [0.2, 0.25) is 0 Å². The first kappa shape index (κ1) is 14.1. The number of pyridine rings is 1. The molecule has 0 aromatic carbocycles. The molecular weight excluding hydrogens is 244 g/mol. The van der Waals surface area contributed by atoms with Crippen LogP contribution in [0.15, 0.2) is 24.5 Å². The second kappa shape index (κ2) is 5.48. The van der Waals surface area contributed by atoms with Crippen LogP contribution in [-0.4, -0.2) is 18.1 Å². The van der Waals surface area contributed by atoms with Gasteiger partial charge in [-0.15, -0.1) is 0 Å². The van der Waals surface area contributed by atoms with Gasteiger partial charge in [0.15, 0.2) is 0 Å². The van der Waals surface area contributed by atoms with Crippen LogP contribution in [0.1, 0.15) is 57.9 Å². The van der Waals surface area contributed by atoms with E-state index in [1.54, 1.807) is 0 Å². The number of hydrogen-bond acceptors (Lipinski definition) is 2. The summed E-state index contributed by atoms with van der Waals surface area (Å²) < 4.78 is 0. The maximum Gasteiger partial charge on any atom is 0.0306 e. The number of aromatic nitrogens is 1. The molecule has 110 valence electrons. The first-order chi connectivity index (χ1) is 9.64. The molecule has 2 fully saturated rings. The Morgan fingerprint density at radius 2 is 2.00 bits per heavy atom. The van der Waals surface area contributed by atoms with E-state index in [1.165, 1.54) is 44.1 Å². The van der Waals surface area contributed by atoms with Gasteiger partial charge in [0.05, 0.1) is 0 Å². The molecule has 1 heterocycles. The highest BCUT2D eigenvalue weighted by Crippen LogP contribution is 2.62. The number of nitrogens with zero attached hydrogens (tertiary/aromatic N) is 1. The Bertz CT molecular complexity index is 424. The molecule has 2 nitrogen and oxygen atoms in total. The van der Waals surface area contributed by atoms with Crippen LogP contribution in [0.3, 0.4) is 0 Å². The Balaban J connectivity index is 1.72. The minimum Gasteiger partial charge on any atom is -0.316 e. The van der Waals surface area contributed by atoms with Crippen molar-refractivity contribution in [3.05, 3.63) is 30.1 Å². The van der Waals surface area contributed by atoms with E-state index in [-0.39, 0.29) is 0 Å². The zero-order valence-electron chi connectivity index (χ0n) is 13.0. The second-order valence-corrected chi connectivity index (χ2v) is 7.61. The van der Waals surface area contributed by atoms with Crippen molar-refractivity contribution in [3.63, 3.8) is 0 Å². The van der Waals surface area contributed by atoms with Gasteiger partial charge in [0.2, 0.25) is 0 Å². The van der Waals surface area contributed by atoms with Crippen LogP contribution in [0, 0.1) is 11.3 Å². The van der Waals surface area contributed by atoms with E-state index in [4.69, 9.17) is 0 Å². The van der Waals surface area contributed by atoms with Crippen LogP contribution in [0.25, 0.3) is 0 Å². The molecule has 0 saturated heterocycles. The van der Waals surface area contributed by atoms with Crippen LogP contribution >= 0.6 is 0 Å². The predicted octanol–water partition coefficient (Wildman–Crippen LogP) is 3.92. The van der Waals surface area contributed by atoms with Crippen LogP contribution in [-0.2, 0) is 5.41 Å². The maximum atomic E-state index is 4.36. The van der Waals surface area contributed by atoms with Gasteiger partial charge >= 0.3 is 0 Å². The summed E-state index contributed by atoms with van der Waals surface area (Å²) >= 11 is 0. The first-order valence-corrected chi connectivity index (χ1v) is 8.26. The third-order valence-electron chi connectivity index (χ3n) is 5.38. The van der Waals surface area contributed by atoms with Gasteiger partial charge in [-0.05, 0) is 55.2 Å². The van der Waals surface area contributed by atoms with E-state index in [1.807, 2.05) is 6.20 Å². The minimum atomic E-state index is 0.355. The van der Waals surface area contributed by atoms with Gasteiger partial charge in [-0.3, -0.25) is 4.98 Å². The lowest BCUT2D eigenvalue weighted by Gasteiger charge is -2.56.